The Morgan fingerprint density at radius 1 is 0.232 bits per heavy atom. The van der Waals surface area contributed by atoms with Gasteiger partial charge in [0, 0.05) is 34.1 Å². The summed E-state index contributed by atoms with van der Waals surface area (Å²) in [5.74, 6) is 0. The summed E-state index contributed by atoms with van der Waals surface area (Å²) in [6.07, 6.45) is 16.3. The molecular weight excluding hydrogens is 677 g/mol. The van der Waals surface area contributed by atoms with Gasteiger partial charge in [0.25, 0.3) is 0 Å². The summed E-state index contributed by atoms with van der Waals surface area (Å²) in [6.45, 7) is 9.05. The molecule has 2 nitrogen and oxygen atoms in total. The molecule has 0 fully saturated rings. The molecule has 0 saturated heterocycles. The molecule has 0 radical (unpaired) electrons. The molecule has 0 atom stereocenters. The predicted molar refractivity (Wildman–Crippen MR) is 244 cm³/mol. The van der Waals surface area contributed by atoms with Gasteiger partial charge < -0.3 is 9.80 Å². The lowest BCUT2D eigenvalue weighted by atomic mass is 10.0. The van der Waals surface area contributed by atoms with Gasteiger partial charge in [-0.1, -0.05) is 126 Å². The summed E-state index contributed by atoms with van der Waals surface area (Å²) in [5, 5.41) is 0. The van der Waals surface area contributed by atoms with Crippen LogP contribution in [0.4, 0.5) is 34.1 Å². The van der Waals surface area contributed by atoms with Crippen LogP contribution in [-0.2, 0) is 38.5 Å². The number of hydrogen-bond donors (Lipinski definition) is 0. The number of benzene rings is 6. The third-order valence-corrected chi connectivity index (χ3v) is 11.1. The van der Waals surface area contributed by atoms with E-state index in [0.717, 1.165) is 38.5 Å². The van der Waals surface area contributed by atoms with Gasteiger partial charge in [0.2, 0.25) is 0 Å². The molecule has 6 aromatic carbocycles. The van der Waals surface area contributed by atoms with E-state index in [1.807, 2.05) is 0 Å². The Balaban J connectivity index is 1.17. The number of nitrogens with zero attached hydrogens (tertiary/aromatic N) is 2. The normalized spacial score (nSPS) is 11.1. The van der Waals surface area contributed by atoms with Crippen LogP contribution in [0.15, 0.2) is 146 Å². The minimum absolute atomic E-state index is 1.00. The Morgan fingerprint density at radius 2 is 0.393 bits per heavy atom. The summed E-state index contributed by atoms with van der Waals surface area (Å²) in [7, 11) is 0. The Morgan fingerprint density at radius 3 is 0.554 bits per heavy atom. The van der Waals surface area contributed by atoms with E-state index in [2.05, 4.69) is 183 Å². The molecule has 0 amide bonds. The van der Waals surface area contributed by atoms with Crippen molar-refractivity contribution in [1.29, 1.82) is 0 Å². The number of anilines is 6. The van der Waals surface area contributed by atoms with E-state index >= 15 is 0 Å². The van der Waals surface area contributed by atoms with Gasteiger partial charge in [0.05, 0.1) is 0 Å². The first-order valence-electron chi connectivity index (χ1n) is 21.7. The highest BCUT2D eigenvalue weighted by Gasteiger charge is 2.15. The zero-order valence-corrected chi connectivity index (χ0v) is 34.7. The van der Waals surface area contributed by atoms with Gasteiger partial charge in [-0.3, -0.25) is 0 Å². The minimum atomic E-state index is 1.00. The number of unbranched alkanes of at least 4 members (excludes halogenated alkanes) is 4. The molecule has 0 unspecified atom stereocenters. The molecule has 290 valence electrons. The van der Waals surface area contributed by atoms with Crippen molar-refractivity contribution >= 4 is 34.1 Å². The van der Waals surface area contributed by atoms with E-state index in [9.17, 15) is 0 Å². The van der Waals surface area contributed by atoms with E-state index in [4.69, 9.17) is 0 Å². The first kappa shape index (κ1) is 40.6. The van der Waals surface area contributed by atoms with Crippen LogP contribution in [0, 0.1) is 0 Å². The highest BCUT2D eigenvalue weighted by atomic mass is 15.1. The Kier molecular flexibility index (Phi) is 15.4. The molecule has 0 heterocycles. The van der Waals surface area contributed by atoms with E-state index in [1.54, 1.807) is 0 Å². The second-order valence-electron chi connectivity index (χ2n) is 15.6. The maximum atomic E-state index is 2.40. The average molecular weight is 741 g/mol. The summed E-state index contributed by atoms with van der Waals surface area (Å²) < 4.78 is 0. The van der Waals surface area contributed by atoms with Crippen LogP contribution < -0.4 is 9.80 Å². The average Bonchev–Trinajstić information content (AvgIpc) is 3.25. The molecule has 0 bridgehead atoms. The monoisotopic (exact) mass is 741 g/mol. The lowest BCUT2D eigenvalue weighted by Gasteiger charge is -2.26. The van der Waals surface area contributed by atoms with Gasteiger partial charge in [0.15, 0.2) is 0 Å². The van der Waals surface area contributed by atoms with Crippen molar-refractivity contribution in [2.45, 2.75) is 118 Å². The Bertz CT molecular complexity index is 1740. The lowest BCUT2D eigenvalue weighted by Crippen LogP contribution is -2.10. The predicted octanol–water partition coefficient (Wildman–Crippen LogP) is 15.8. The van der Waals surface area contributed by atoms with Crippen molar-refractivity contribution in [3.63, 3.8) is 0 Å². The smallest absolute Gasteiger partial charge is 0.0461 e. The SMILES string of the molecule is CCCCc1ccc(N(c2ccc(CCCC)cc2)c2ccc(CCc3ccc(N(c4ccc(CCCC)cc4)c4ccc(CCCC)cc4)cc3)cc2)cc1. The topological polar surface area (TPSA) is 6.48 Å². The molecule has 0 aliphatic rings. The molecule has 6 aromatic rings. The van der Waals surface area contributed by atoms with Crippen LogP contribution in [0.5, 0.6) is 0 Å². The van der Waals surface area contributed by atoms with Crippen LogP contribution in [-0.4, -0.2) is 0 Å². The van der Waals surface area contributed by atoms with Crippen molar-refractivity contribution in [2.75, 3.05) is 9.80 Å². The van der Waals surface area contributed by atoms with Gasteiger partial charge in [-0.05, 0) is 170 Å². The van der Waals surface area contributed by atoms with Crippen molar-refractivity contribution in [2.24, 2.45) is 0 Å². The summed E-state index contributed by atoms with van der Waals surface area (Å²) >= 11 is 0. The van der Waals surface area contributed by atoms with Crippen molar-refractivity contribution in [1.82, 2.24) is 0 Å². The first-order chi connectivity index (χ1) is 27.6. The minimum Gasteiger partial charge on any atom is -0.311 e. The third kappa shape index (κ3) is 11.3. The maximum Gasteiger partial charge on any atom is 0.0461 e. The third-order valence-electron chi connectivity index (χ3n) is 11.1. The Labute approximate surface area is 339 Å². The van der Waals surface area contributed by atoms with Crippen LogP contribution in [0.3, 0.4) is 0 Å². The van der Waals surface area contributed by atoms with Gasteiger partial charge in [-0.15, -0.1) is 0 Å². The molecule has 2 heteroatoms. The molecule has 0 spiro atoms. The molecule has 0 saturated carbocycles. The lowest BCUT2D eigenvalue weighted by molar-refractivity contribution is 0.795. The number of rotatable bonds is 21. The van der Waals surface area contributed by atoms with Crippen LogP contribution >= 0.6 is 0 Å². The van der Waals surface area contributed by atoms with E-state index in [0.29, 0.717) is 0 Å². The number of aryl methyl sites for hydroxylation is 6. The molecule has 6 rings (SSSR count). The summed E-state index contributed by atoms with van der Waals surface area (Å²) in [4.78, 5) is 4.80. The van der Waals surface area contributed by atoms with Crippen LogP contribution in [0.2, 0.25) is 0 Å². The van der Waals surface area contributed by atoms with E-state index in [-0.39, 0.29) is 0 Å². The second kappa shape index (κ2) is 21.3. The van der Waals surface area contributed by atoms with Gasteiger partial charge in [-0.2, -0.15) is 0 Å². The highest BCUT2D eigenvalue weighted by molar-refractivity contribution is 5.78. The molecule has 0 aliphatic heterocycles. The molecular formula is C54H64N2. The summed E-state index contributed by atoms with van der Waals surface area (Å²) in [6, 6.07) is 55.3. The standard InChI is InChI=1S/C54H64N2/c1-5-9-13-43-19-31-49(32-20-43)55(50-33-21-44(22-34-50)14-10-6-2)53-39-27-47(28-40-53)17-18-48-29-41-54(42-30-48)56(51-35-23-45(24-36-51)15-11-7-3)52-37-25-46(26-38-52)16-12-8-4/h19-42H,5-18H2,1-4H3. The van der Waals surface area contributed by atoms with Gasteiger partial charge >= 0.3 is 0 Å². The zero-order valence-electron chi connectivity index (χ0n) is 34.7. The molecule has 0 aromatic heterocycles. The van der Waals surface area contributed by atoms with Gasteiger partial charge in [0.1, 0.15) is 0 Å². The van der Waals surface area contributed by atoms with Crippen molar-refractivity contribution < 1.29 is 0 Å². The van der Waals surface area contributed by atoms with Crippen molar-refractivity contribution in [3.05, 3.63) is 179 Å². The van der Waals surface area contributed by atoms with Gasteiger partial charge in [-0.25, -0.2) is 0 Å². The fourth-order valence-electron chi connectivity index (χ4n) is 7.58. The largest absolute Gasteiger partial charge is 0.311 e. The molecule has 56 heavy (non-hydrogen) atoms. The summed E-state index contributed by atoms with van der Waals surface area (Å²) in [5.41, 5.74) is 15.6. The fraction of sp³-hybridized carbons (Fsp3) is 0.333. The highest BCUT2D eigenvalue weighted by Crippen LogP contribution is 2.37. The van der Waals surface area contributed by atoms with E-state index in [1.165, 1.54) is 119 Å². The van der Waals surface area contributed by atoms with Crippen molar-refractivity contribution in [3.8, 4) is 0 Å². The zero-order chi connectivity index (χ0) is 39.0. The Hall–Kier alpha value is -5.08. The quantitative estimate of drug-likeness (QED) is 0.0725. The van der Waals surface area contributed by atoms with E-state index < -0.39 is 0 Å². The maximum absolute atomic E-state index is 2.40. The molecule has 0 aliphatic carbocycles. The fourth-order valence-corrected chi connectivity index (χ4v) is 7.58. The van der Waals surface area contributed by atoms with Crippen LogP contribution in [0.25, 0.3) is 0 Å². The first-order valence-corrected chi connectivity index (χ1v) is 21.7. The van der Waals surface area contributed by atoms with Crippen LogP contribution in [0.1, 0.15) is 112 Å². The second-order valence-corrected chi connectivity index (χ2v) is 15.6. The number of hydrogen-bond acceptors (Lipinski definition) is 2. The molecule has 0 N–H and O–H groups in total.